The van der Waals surface area contributed by atoms with Crippen LogP contribution in [0.2, 0.25) is 5.02 Å². The van der Waals surface area contributed by atoms with Crippen LogP contribution < -0.4 is 5.32 Å². The molecule has 0 aliphatic heterocycles. The maximum Gasteiger partial charge on any atom is 0.0545 e. The Morgan fingerprint density at radius 2 is 1.63 bits per heavy atom. The zero-order valence-corrected chi connectivity index (χ0v) is 12.4. The Bertz CT molecular complexity index is 510. The first kappa shape index (κ1) is 14.4. The summed E-state index contributed by atoms with van der Waals surface area (Å²) in [5, 5.41) is 4.28. The summed E-state index contributed by atoms with van der Waals surface area (Å²) in [5.41, 5.74) is 2.15. The van der Waals surface area contributed by atoms with E-state index in [9.17, 15) is 0 Å². The third kappa shape index (κ3) is 3.73. The lowest BCUT2D eigenvalue weighted by molar-refractivity contribution is 0.407. The van der Waals surface area contributed by atoms with Gasteiger partial charge in [-0.3, -0.25) is 0 Å². The van der Waals surface area contributed by atoms with Crippen molar-refractivity contribution in [3.63, 3.8) is 0 Å². The van der Waals surface area contributed by atoms with Crippen molar-refractivity contribution < 1.29 is 0 Å². The van der Waals surface area contributed by atoms with E-state index in [0.717, 1.165) is 11.6 Å². The largest absolute Gasteiger partial charge is 0.303 e. The first-order valence-corrected chi connectivity index (χ1v) is 7.16. The molecule has 2 aromatic carbocycles. The topological polar surface area (TPSA) is 12.0 Å². The second-order valence-electron chi connectivity index (χ2n) is 4.81. The van der Waals surface area contributed by atoms with Crippen LogP contribution in [-0.4, -0.2) is 5.88 Å². The Hall–Kier alpha value is -1.02. The molecule has 0 radical (unpaired) electrons. The summed E-state index contributed by atoms with van der Waals surface area (Å²) in [5.74, 6) is 0.518. The predicted molar refractivity (Wildman–Crippen MR) is 82.8 cm³/mol. The molecule has 2 rings (SSSR count). The zero-order valence-electron chi connectivity index (χ0n) is 10.9. The molecule has 0 aliphatic carbocycles. The third-order valence-corrected chi connectivity index (χ3v) is 4.06. The van der Waals surface area contributed by atoms with Crippen molar-refractivity contribution in [2.24, 2.45) is 0 Å². The summed E-state index contributed by atoms with van der Waals surface area (Å²) in [7, 11) is 0. The third-order valence-electron chi connectivity index (χ3n) is 3.27. The molecule has 0 aromatic heterocycles. The van der Waals surface area contributed by atoms with Gasteiger partial charge in [-0.15, -0.1) is 11.6 Å². The Kier molecular flexibility index (Phi) is 4.87. The van der Waals surface area contributed by atoms with Gasteiger partial charge in [-0.1, -0.05) is 54.1 Å². The number of rotatable bonds is 5. The highest BCUT2D eigenvalue weighted by molar-refractivity contribution is 6.30. The SMILES string of the molecule is CC(CCl)(NCc1ccc(Cl)cc1)c1ccccc1. The highest BCUT2D eigenvalue weighted by Crippen LogP contribution is 2.23. The lowest BCUT2D eigenvalue weighted by Crippen LogP contribution is -2.40. The van der Waals surface area contributed by atoms with E-state index >= 15 is 0 Å². The average Bonchev–Trinajstić information content (AvgIpc) is 2.47. The van der Waals surface area contributed by atoms with Gasteiger partial charge >= 0.3 is 0 Å². The second kappa shape index (κ2) is 6.42. The maximum absolute atomic E-state index is 6.15. The van der Waals surface area contributed by atoms with Crippen LogP contribution in [0.3, 0.4) is 0 Å². The Balaban J connectivity index is 2.09. The van der Waals surface area contributed by atoms with Gasteiger partial charge in [-0.05, 0) is 30.2 Å². The summed E-state index contributed by atoms with van der Waals surface area (Å²) in [6.45, 7) is 2.88. The van der Waals surface area contributed by atoms with Gasteiger partial charge in [-0.25, -0.2) is 0 Å². The van der Waals surface area contributed by atoms with Gasteiger partial charge in [0.15, 0.2) is 0 Å². The highest BCUT2D eigenvalue weighted by Gasteiger charge is 2.24. The van der Waals surface area contributed by atoms with Crippen LogP contribution in [0.25, 0.3) is 0 Å². The molecular weight excluding hydrogens is 277 g/mol. The fourth-order valence-electron chi connectivity index (χ4n) is 1.93. The molecule has 1 N–H and O–H groups in total. The zero-order chi connectivity index (χ0) is 13.7. The van der Waals surface area contributed by atoms with Crippen molar-refractivity contribution in [3.05, 3.63) is 70.7 Å². The molecule has 0 saturated carbocycles. The lowest BCUT2D eigenvalue weighted by atomic mass is 9.94. The molecule has 1 atom stereocenters. The second-order valence-corrected chi connectivity index (χ2v) is 5.52. The maximum atomic E-state index is 6.15. The first-order valence-electron chi connectivity index (χ1n) is 6.25. The van der Waals surface area contributed by atoms with Gasteiger partial charge in [0.25, 0.3) is 0 Å². The minimum atomic E-state index is -0.234. The van der Waals surface area contributed by atoms with Crippen LogP contribution in [0.4, 0.5) is 0 Å². The van der Waals surface area contributed by atoms with E-state index in [4.69, 9.17) is 23.2 Å². The highest BCUT2D eigenvalue weighted by atomic mass is 35.5. The van der Waals surface area contributed by atoms with Crippen molar-refractivity contribution >= 4 is 23.2 Å². The van der Waals surface area contributed by atoms with E-state index < -0.39 is 0 Å². The molecule has 1 unspecified atom stereocenters. The normalized spacial score (nSPS) is 14.1. The molecule has 0 bridgehead atoms. The summed E-state index contributed by atoms with van der Waals surface area (Å²) in [6.07, 6.45) is 0. The van der Waals surface area contributed by atoms with Gasteiger partial charge < -0.3 is 5.32 Å². The lowest BCUT2D eigenvalue weighted by Gasteiger charge is -2.29. The van der Waals surface area contributed by atoms with Crippen molar-refractivity contribution in [2.75, 3.05) is 5.88 Å². The fourth-order valence-corrected chi connectivity index (χ4v) is 2.31. The summed E-state index contributed by atoms with van der Waals surface area (Å²) in [4.78, 5) is 0. The number of hydrogen-bond donors (Lipinski definition) is 1. The number of nitrogens with one attached hydrogen (secondary N) is 1. The van der Waals surface area contributed by atoms with Crippen molar-refractivity contribution in [3.8, 4) is 0 Å². The van der Waals surface area contributed by atoms with Crippen LogP contribution in [0.5, 0.6) is 0 Å². The summed E-state index contributed by atoms with van der Waals surface area (Å²) in [6, 6.07) is 18.1. The van der Waals surface area contributed by atoms with Crippen LogP contribution in [0, 0.1) is 0 Å². The molecule has 100 valence electrons. The van der Waals surface area contributed by atoms with Crippen LogP contribution in [0.15, 0.2) is 54.6 Å². The molecule has 1 nitrogen and oxygen atoms in total. The van der Waals surface area contributed by atoms with E-state index in [0.29, 0.717) is 5.88 Å². The Labute approximate surface area is 124 Å². The van der Waals surface area contributed by atoms with Gasteiger partial charge in [0.2, 0.25) is 0 Å². The minimum Gasteiger partial charge on any atom is -0.303 e. The van der Waals surface area contributed by atoms with Gasteiger partial charge in [-0.2, -0.15) is 0 Å². The van der Waals surface area contributed by atoms with Crippen molar-refractivity contribution in [1.29, 1.82) is 0 Å². The fraction of sp³-hybridized carbons (Fsp3) is 0.250. The van der Waals surface area contributed by atoms with Crippen LogP contribution in [-0.2, 0) is 12.1 Å². The molecule has 3 heteroatoms. The average molecular weight is 294 g/mol. The molecular formula is C16H17Cl2N. The van der Waals surface area contributed by atoms with Crippen LogP contribution in [0.1, 0.15) is 18.1 Å². The minimum absolute atomic E-state index is 0.234. The van der Waals surface area contributed by atoms with Gasteiger partial charge in [0, 0.05) is 17.4 Å². The first-order chi connectivity index (χ1) is 9.14. The quantitative estimate of drug-likeness (QED) is 0.796. The summed E-state index contributed by atoms with van der Waals surface area (Å²) < 4.78 is 0. The van der Waals surface area contributed by atoms with Crippen molar-refractivity contribution in [1.82, 2.24) is 5.32 Å². The molecule has 0 spiro atoms. The number of hydrogen-bond acceptors (Lipinski definition) is 1. The predicted octanol–water partition coefficient (Wildman–Crippen LogP) is 4.58. The van der Waals surface area contributed by atoms with Gasteiger partial charge in [0.1, 0.15) is 0 Å². The molecule has 19 heavy (non-hydrogen) atoms. The number of alkyl halides is 1. The van der Waals surface area contributed by atoms with E-state index in [1.54, 1.807) is 0 Å². The molecule has 0 heterocycles. The van der Waals surface area contributed by atoms with E-state index in [1.165, 1.54) is 11.1 Å². The van der Waals surface area contributed by atoms with Crippen LogP contribution >= 0.6 is 23.2 Å². The Morgan fingerprint density at radius 1 is 1.00 bits per heavy atom. The smallest absolute Gasteiger partial charge is 0.0545 e. The van der Waals surface area contributed by atoms with E-state index in [1.807, 2.05) is 42.5 Å². The van der Waals surface area contributed by atoms with E-state index in [-0.39, 0.29) is 5.54 Å². The number of halogens is 2. The molecule has 0 saturated heterocycles. The summed E-state index contributed by atoms with van der Waals surface area (Å²) >= 11 is 12.0. The molecule has 0 fully saturated rings. The van der Waals surface area contributed by atoms with Crippen molar-refractivity contribution in [2.45, 2.75) is 19.0 Å². The molecule has 0 amide bonds. The monoisotopic (exact) mass is 293 g/mol. The molecule has 2 aromatic rings. The van der Waals surface area contributed by atoms with Gasteiger partial charge in [0.05, 0.1) is 5.54 Å². The molecule has 0 aliphatic rings. The standard InChI is InChI=1S/C16H17Cl2N/c1-16(12-17,14-5-3-2-4-6-14)19-11-13-7-9-15(18)10-8-13/h2-10,19H,11-12H2,1H3. The Morgan fingerprint density at radius 3 is 2.21 bits per heavy atom. The number of benzene rings is 2. The van der Waals surface area contributed by atoms with E-state index in [2.05, 4.69) is 24.4 Å².